The Bertz CT molecular complexity index is 632. The van der Waals surface area contributed by atoms with E-state index in [1.165, 1.54) is 33.5 Å². The highest BCUT2D eigenvalue weighted by atomic mass is 35.5. The molecule has 0 spiro atoms. The second-order valence-corrected chi connectivity index (χ2v) is 6.52. The molecule has 0 fully saturated rings. The number of halogens is 1. The molecule has 1 unspecified atom stereocenters. The van der Waals surface area contributed by atoms with E-state index >= 15 is 0 Å². The Hall–Kier alpha value is -1.28. The topological polar surface area (TPSA) is 17.8 Å². The molecule has 0 bridgehead atoms. The van der Waals surface area contributed by atoms with Crippen molar-refractivity contribution >= 4 is 11.6 Å². The molecule has 2 aromatic rings. The van der Waals surface area contributed by atoms with Crippen molar-refractivity contribution in [1.82, 2.24) is 9.78 Å². The first-order chi connectivity index (χ1) is 9.85. The predicted molar refractivity (Wildman–Crippen MR) is 90.3 cm³/mol. The second kappa shape index (κ2) is 6.23. The maximum absolute atomic E-state index is 6.45. The number of alkyl halides is 1. The van der Waals surface area contributed by atoms with Gasteiger partial charge in [-0.2, -0.15) is 5.10 Å². The normalized spacial score (nSPS) is 12.7. The van der Waals surface area contributed by atoms with Crippen molar-refractivity contribution in [3.63, 3.8) is 0 Å². The summed E-state index contributed by atoms with van der Waals surface area (Å²) in [5, 5.41) is 4.77. The Labute approximate surface area is 133 Å². The largest absolute Gasteiger partial charge is 0.265 e. The minimum absolute atomic E-state index is 0.0546. The van der Waals surface area contributed by atoms with Gasteiger partial charge in [0.2, 0.25) is 0 Å². The van der Waals surface area contributed by atoms with E-state index in [1.54, 1.807) is 0 Å². The highest BCUT2D eigenvalue weighted by Crippen LogP contribution is 2.30. The Morgan fingerprint density at radius 3 is 2.19 bits per heavy atom. The molecule has 0 aliphatic carbocycles. The summed E-state index contributed by atoms with van der Waals surface area (Å²) in [6.07, 6.45) is 0.928. The van der Waals surface area contributed by atoms with Crippen molar-refractivity contribution in [3.05, 3.63) is 51.3 Å². The average Bonchev–Trinajstić information content (AvgIpc) is 2.68. The van der Waals surface area contributed by atoms with Gasteiger partial charge >= 0.3 is 0 Å². The quantitative estimate of drug-likeness (QED) is 0.713. The molecule has 0 radical (unpaired) electrons. The van der Waals surface area contributed by atoms with Crippen molar-refractivity contribution < 1.29 is 0 Å². The average molecular weight is 305 g/mol. The predicted octanol–water partition coefficient (Wildman–Crippen LogP) is 5.16. The molecule has 2 nitrogen and oxygen atoms in total. The van der Waals surface area contributed by atoms with Gasteiger partial charge in [-0.25, -0.2) is 0 Å². The molecule has 1 aromatic heterocycles. The summed E-state index contributed by atoms with van der Waals surface area (Å²) in [4.78, 5) is 0. The van der Waals surface area contributed by atoms with Crippen molar-refractivity contribution in [2.24, 2.45) is 0 Å². The molecule has 0 aliphatic heterocycles. The lowest BCUT2D eigenvalue weighted by Gasteiger charge is -2.13. The third kappa shape index (κ3) is 3.16. The van der Waals surface area contributed by atoms with Gasteiger partial charge in [-0.15, -0.1) is 11.6 Å². The van der Waals surface area contributed by atoms with E-state index in [0.29, 0.717) is 0 Å². The van der Waals surface area contributed by atoms with Crippen LogP contribution in [0.15, 0.2) is 12.1 Å². The smallest absolute Gasteiger partial charge is 0.0667 e. The number of nitrogens with zero attached hydrogens (tertiary/aromatic N) is 2. The summed E-state index contributed by atoms with van der Waals surface area (Å²) < 4.78 is 2.10. The van der Waals surface area contributed by atoms with Gasteiger partial charge in [0.25, 0.3) is 0 Å². The molecule has 1 atom stereocenters. The zero-order valence-corrected chi connectivity index (χ0v) is 14.7. The van der Waals surface area contributed by atoms with Crippen LogP contribution in [0.1, 0.15) is 57.9 Å². The summed E-state index contributed by atoms with van der Waals surface area (Å²) in [7, 11) is 0. The molecule has 0 saturated carbocycles. The molecule has 0 saturated heterocycles. The first kappa shape index (κ1) is 16.1. The minimum Gasteiger partial charge on any atom is -0.265 e. The van der Waals surface area contributed by atoms with Gasteiger partial charge in [-0.1, -0.05) is 24.6 Å². The zero-order valence-electron chi connectivity index (χ0n) is 13.9. The summed E-state index contributed by atoms with van der Waals surface area (Å²) in [6.45, 7) is 13.6. The molecular weight excluding hydrogens is 280 g/mol. The lowest BCUT2D eigenvalue weighted by atomic mass is 10.00. The monoisotopic (exact) mass is 304 g/mol. The van der Waals surface area contributed by atoms with E-state index in [-0.39, 0.29) is 5.38 Å². The van der Waals surface area contributed by atoms with E-state index in [1.807, 2.05) is 0 Å². The van der Waals surface area contributed by atoms with Crippen LogP contribution in [-0.4, -0.2) is 9.78 Å². The maximum Gasteiger partial charge on any atom is 0.0667 e. The lowest BCUT2D eigenvalue weighted by Crippen LogP contribution is -2.08. The molecule has 21 heavy (non-hydrogen) atoms. The maximum atomic E-state index is 6.45. The highest BCUT2D eigenvalue weighted by molar-refractivity contribution is 6.20. The number of rotatable bonds is 4. The van der Waals surface area contributed by atoms with Gasteiger partial charge in [0.1, 0.15) is 0 Å². The standard InChI is InChI=1S/C18H25ClN2/c1-7-17(19)18-14(5)20-21(15(18)6)10-16-12(3)8-11(2)9-13(16)4/h8-9,17H,7,10H2,1-6H3. The van der Waals surface area contributed by atoms with E-state index in [2.05, 4.69) is 58.4 Å². The number of hydrogen-bond donors (Lipinski definition) is 0. The molecule has 1 heterocycles. The van der Waals surface area contributed by atoms with Crippen molar-refractivity contribution in [2.75, 3.05) is 0 Å². The number of hydrogen-bond acceptors (Lipinski definition) is 1. The molecule has 3 heteroatoms. The third-order valence-electron chi connectivity index (χ3n) is 4.26. The van der Waals surface area contributed by atoms with E-state index < -0.39 is 0 Å². The molecule has 1 aromatic carbocycles. The van der Waals surface area contributed by atoms with Crippen LogP contribution >= 0.6 is 11.6 Å². The number of benzene rings is 1. The number of aryl methyl sites for hydroxylation is 4. The first-order valence-electron chi connectivity index (χ1n) is 7.59. The Kier molecular flexibility index (Phi) is 4.77. The Morgan fingerprint density at radius 2 is 1.67 bits per heavy atom. The summed E-state index contributed by atoms with van der Waals surface area (Å²) in [5.74, 6) is 0. The fraction of sp³-hybridized carbons (Fsp3) is 0.500. The number of aromatic nitrogens is 2. The van der Waals surface area contributed by atoms with Crippen LogP contribution in [0.4, 0.5) is 0 Å². The fourth-order valence-corrected chi connectivity index (χ4v) is 3.45. The van der Waals surface area contributed by atoms with Crippen LogP contribution in [0.2, 0.25) is 0 Å². The summed E-state index contributed by atoms with van der Waals surface area (Å²) >= 11 is 6.45. The van der Waals surface area contributed by atoms with Gasteiger partial charge in [-0.05, 0) is 57.7 Å². The van der Waals surface area contributed by atoms with E-state index in [9.17, 15) is 0 Å². The van der Waals surface area contributed by atoms with Crippen LogP contribution < -0.4 is 0 Å². The first-order valence-corrected chi connectivity index (χ1v) is 8.03. The SMILES string of the molecule is CCC(Cl)c1c(C)nn(Cc2c(C)cc(C)cc2C)c1C. The summed E-state index contributed by atoms with van der Waals surface area (Å²) in [6, 6.07) is 4.48. The minimum atomic E-state index is 0.0546. The van der Waals surface area contributed by atoms with Crippen molar-refractivity contribution in [1.29, 1.82) is 0 Å². The fourth-order valence-electron chi connectivity index (χ4n) is 3.13. The highest BCUT2D eigenvalue weighted by Gasteiger charge is 2.18. The van der Waals surface area contributed by atoms with E-state index in [4.69, 9.17) is 16.7 Å². The van der Waals surface area contributed by atoms with Crippen LogP contribution in [0.3, 0.4) is 0 Å². The lowest BCUT2D eigenvalue weighted by molar-refractivity contribution is 0.652. The molecule has 0 N–H and O–H groups in total. The van der Waals surface area contributed by atoms with Crippen LogP contribution in [0.25, 0.3) is 0 Å². The van der Waals surface area contributed by atoms with Gasteiger partial charge in [0, 0.05) is 11.3 Å². The Morgan fingerprint density at radius 1 is 1.10 bits per heavy atom. The van der Waals surface area contributed by atoms with Gasteiger partial charge < -0.3 is 0 Å². The van der Waals surface area contributed by atoms with Crippen molar-refractivity contribution in [2.45, 2.75) is 59.9 Å². The van der Waals surface area contributed by atoms with Crippen LogP contribution in [0, 0.1) is 34.6 Å². The molecule has 0 aliphatic rings. The second-order valence-electron chi connectivity index (χ2n) is 6.00. The van der Waals surface area contributed by atoms with Gasteiger partial charge in [0.15, 0.2) is 0 Å². The molecule has 0 amide bonds. The van der Waals surface area contributed by atoms with Crippen molar-refractivity contribution in [3.8, 4) is 0 Å². The summed E-state index contributed by atoms with van der Waals surface area (Å²) in [5.41, 5.74) is 8.78. The molecule has 114 valence electrons. The van der Waals surface area contributed by atoms with Gasteiger partial charge in [-0.3, -0.25) is 4.68 Å². The Balaban J connectivity index is 2.42. The van der Waals surface area contributed by atoms with Crippen LogP contribution in [0.5, 0.6) is 0 Å². The third-order valence-corrected chi connectivity index (χ3v) is 4.78. The molecule has 2 rings (SSSR count). The zero-order chi connectivity index (χ0) is 15.7. The van der Waals surface area contributed by atoms with E-state index in [0.717, 1.165) is 18.7 Å². The molecular formula is C18H25ClN2. The van der Waals surface area contributed by atoms with Gasteiger partial charge in [0.05, 0.1) is 17.6 Å². The van der Waals surface area contributed by atoms with Crippen LogP contribution in [-0.2, 0) is 6.54 Å².